The second kappa shape index (κ2) is 12.0. The van der Waals surface area contributed by atoms with Crippen molar-refractivity contribution in [1.82, 2.24) is 24.3 Å². The Morgan fingerprint density at radius 3 is 2.64 bits per heavy atom. The highest BCUT2D eigenvalue weighted by Crippen LogP contribution is 2.33. The molecule has 0 spiro atoms. The molecule has 4 aliphatic rings. The Kier molecular flexibility index (Phi) is 8.54. The monoisotopic (exact) mass is 635 g/mol. The first-order valence-corrected chi connectivity index (χ1v) is 17.6. The number of benzene rings is 1. The number of fused-ring (bicyclic) bond motifs is 1. The number of rotatable bonds is 9. The van der Waals surface area contributed by atoms with Crippen molar-refractivity contribution in [2.45, 2.75) is 67.3 Å². The predicted molar refractivity (Wildman–Crippen MR) is 162 cm³/mol. The molecule has 4 heterocycles. The van der Waals surface area contributed by atoms with Crippen molar-refractivity contribution >= 4 is 60.8 Å². The van der Waals surface area contributed by atoms with Crippen LogP contribution >= 0.6 is 22.9 Å². The normalized spacial score (nSPS) is 25.5. The summed E-state index contributed by atoms with van der Waals surface area (Å²) in [5.74, 6) is 0.0335. The molecule has 1 N–H and O–H groups in total. The zero-order valence-electron chi connectivity index (χ0n) is 23.8. The van der Waals surface area contributed by atoms with Gasteiger partial charge in [-0.15, -0.1) is 11.3 Å². The lowest BCUT2D eigenvalue weighted by Gasteiger charge is -2.35. The molecule has 1 aromatic carbocycles. The minimum absolute atomic E-state index is 0.0454. The summed E-state index contributed by atoms with van der Waals surface area (Å²) in [5.41, 5.74) is 0. The number of hydrogen-bond acceptors (Lipinski definition) is 7. The molecule has 2 aromatic rings. The maximum absolute atomic E-state index is 13.4. The molecule has 3 aliphatic heterocycles. The van der Waals surface area contributed by atoms with E-state index in [0.717, 1.165) is 73.2 Å². The molecule has 3 amide bonds. The lowest BCUT2D eigenvalue weighted by Crippen LogP contribution is -2.55. The van der Waals surface area contributed by atoms with E-state index in [9.17, 15) is 22.8 Å². The molecule has 1 aromatic heterocycles. The molecule has 0 radical (unpaired) electrons. The number of nitrogens with one attached hydrogen (secondary N) is 1. The lowest BCUT2D eigenvalue weighted by atomic mass is 10.1. The molecular formula is C29H38ClN5O5S2. The van der Waals surface area contributed by atoms with Crippen molar-refractivity contribution in [3.05, 3.63) is 29.3 Å². The first-order valence-electron chi connectivity index (χ1n) is 14.9. The van der Waals surface area contributed by atoms with E-state index in [2.05, 4.69) is 9.62 Å². The summed E-state index contributed by atoms with van der Waals surface area (Å²) in [6, 6.07) is 6.18. The number of amides is 3. The maximum atomic E-state index is 13.4. The summed E-state index contributed by atoms with van der Waals surface area (Å²) in [7, 11) is -2.00. The van der Waals surface area contributed by atoms with Crippen molar-refractivity contribution in [1.29, 1.82) is 0 Å². The summed E-state index contributed by atoms with van der Waals surface area (Å²) in [6.45, 7) is 3.55. The van der Waals surface area contributed by atoms with Crippen LogP contribution in [-0.4, -0.2) is 110 Å². The van der Waals surface area contributed by atoms with Gasteiger partial charge in [-0.25, -0.2) is 8.42 Å². The van der Waals surface area contributed by atoms with E-state index < -0.39 is 16.1 Å². The van der Waals surface area contributed by atoms with Crippen molar-refractivity contribution < 1.29 is 22.8 Å². The zero-order chi connectivity index (χ0) is 29.6. The first-order chi connectivity index (χ1) is 20.1. The van der Waals surface area contributed by atoms with Crippen LogP contribution in [0.4, 0.5) is 0 Å². The van der Waals surface area contributed by atoms with E-state index in [4.69, 9.17) is 11.6 Å². The SMILES string of the molecule is CN(C(=O)C1CC1)C1CCN(CC2CCCN2C(=O)CN2CCCC(NS(=O)(=O)c3cc4cc(Cl)ccc4s3)C2=O)C1. The molecule has 6 rings (SSSR count). The Morgan fingerprint density at radius 1 is 1.07 bits per heavy atom. The number of nitrogens with zero attached hydrogens (tertiary/aromatic N) is 4. The van der Waals surface area contributed by atoms with Crippen molar-refractivity contribution in [3.63, 3.8) is 0 Å². The summed E-state index contributed by atoms with van der Waals surface area (Å²) in [4.78, 5) is 47.0. The van der Waals surface area contributed by atoms with Crippen LogP contribution in [0, 0.1) is 5.92 Å². The molecule has 228 valence electrons. The van der Waals surface area contributed by atoms with E-state index in [-0.39, 0.29) is 46.5 Å². The van der Waals surface area contributed by atoms with Gasteiger partial charge in [-0.3, -0.25) is 19.3 Å². The number of carbonyl (C=O) groups excluding carboxylic acids is 3. The molecule has 3 unspecified atom stereocenters. The Morgan fingerprint density at radius 2 is 1.86 bits per heavy atom. The minimum Gasteiger partial charge on any atom is -0.341 e. The molecule has 1 saturated carbocycles. The summed E-state index contributed by atoms with van der Waals surface area (Å²) < 4.78 is 29.9. The van der Waals surface area contributed by atoms with Crippen LogP contribution in [0.15, 0.2) is 28.5 Å². The highest BCUT2D eigenvalue weighted by molar-refractivity contribution is 7.91. The molecule has 42 heavy (non-hydrogen) atoms. The number of piperidine rings is 1. The van der Waals surface area contributed by atoms with E-state index in [1.807, 2.05) is 16.8 Å². The molecule has 1 aliphatic carbocycles. The number of sulfonamides is 1. The molecule has 10 nitrogen and oxygen atoms in total. The highest BCUT2D eigenvalue weighted by Gasteiger charge is 2.39. The fourth-order valence-electron chi connectivity index (χ4n) is 6.57. The van der Waals surface area contributed by atoms with E-state index >= 15 is 0 Å². The van der Waals surface area contributed by atoms with Gasteiger partial charge in [0.15, 0.2) is 0 Å². The Hall–Kier alpha value is -2.25. The van der Waals surface area contributed by atoms with Crippen LogP contribution in [-0.2, 0) is 24.4 Å². The third-order valence-corrected chi connectivity index (χ3v) is 12.4. The molecular weight excluding hydrogens is 598 g/mol. The van der Waals surface area contributed by atoms with Crippen LogP contribution in [0.5, 0.6) is 0 Å². The van der Waals surface area contributed by atoms with Crippen LogP contribution in [0.1, 0.15) is 44.9 Å². The van der Waals surface area contributed by atoms with Crippen LogP contribution in [0.2, 0.25) is 5.02 Å². The van der Waals surface area contributed by atoms with Gasteiger partial charge in [0.1, 0.15) is 10.3 Å². The standard InChI is InChI=1S/C29H38ClN5O5S2/c1-32(28(37)19-6-7-19)22-10-13-33(16-22)17-23-4-2-12-35(23)26(36)18-34-11-3-5-24(29(34)38)31-42(39,40)27-15-20-14-21(30)8-9-25(20)41-27/h8-9,14-15,19,22-24,31H,2-7,10-13,16-18H2,1H3. The summed E-state index contributed by atoms with van der Waals surface area (Å²) >= 11 is 7.19. The zero-order valence-corrected chi connectivity index (χ0v) is 26.2. The topological polar surface area (TPSA) is 110 Å². The number of halogens is 1. The van der Waals surface area contributed by atoms with Gasteiger partial charge in [0.25, 0.3) is 10.0 Å². The molecule has 3 saturated heterocycles. The number of hydrogen-bond donors (Lipinski definition) is 1. The first kappa shape index (κ1) is 29.8. The number of carbonyl (C=O) groups is 3. The number of likely N-dealkylation sites (tertiary alicyclic amines) is 3. The third-order valence-electron chi connectivity index (χ3n) is 9.11. The largest absolute Gasteiger partial charge is 0.341 e. The molecule has 4 fully saturated rings. The van der Waals surface area contributed by atoms with Gasteiger partial charge in [-0.2, -0.15) is 4.72 Å². The van der Waals surface area contributed by atoms with Gasteiger partial charge in [0, 0.05) is 67.5 Å². The second-order valence-corrected chi connectivity index (χ2v) is 15.6. The molecule has 13 heteroatoms. The number of likely N-dealkylation sites (N-methyl/N-ethyl adjacent to an activating group) is 1. The Labute approximate surface area is 256 Å². The van der Waals surface area contributed by atoms with Crippen LogP contribution in [0.3, 0.4) is 0 Å². The van der Waals surface area contributed by atoms with Gasteiger partial charge >= 0.3 is 0 Å². The van der Waals surface area contributed by atoms with Crippen molar-refractivity contribution in [2.75, 3.05) is 46.3 Å². The van der Waals surface area contributed by atoms with Gasteiger partial charge in [-0.1, -0.05) is 11.6 Å². The maximum Gasteiger partial charge on any atom is 0.250 e. The van der Waals surface area contributed by atoms with Crippen LogP contribution in [0.25, 0.3) is 10.1 Å². The Bertz CT molecular complexity index is 1480. The minimum atomic E-state index is -3.92. The average Bonchev–Trinajstić information content (AvgIpc) is 3.31. The fourth-order valence-corrected chi connectivity index (χ4v) is 9.37. The van der Waals surface area contributed by atoms with Gasteiger partial charge in [0.2, 0.25) is 17.7 Å². The molecule has 3 atom stereocenters. The predicted octanol–water partition coefficient (Wildman–Crippen LogP) is 2.76. The average molecular weight is 636 g/mol. The van der Waals surface area contributed by atoms with Gasteiger partial charge < -0.3 is 14.7 Å². The second-order valence-electron chi connectivity index (χ2n) is 12.1. The summed E-state index contributed by atoms with van der Waals surface area (Å²) in [5, 5.41) is 1.26. The fraction of sp³-hybridized carbons (Fsp3) is 0.621. The third kappa shape index (κ3) is 6.33. The van der Waals surface area contributed by atoms with E-state index in [1.165, 1.54) is 4.90 Å². The highest BCUT2D eigenvalue weighted by atomic mass is 35.5. The lowest BCUT2D eigenvalue weighted by molar-refractivity contribution is -0.143. The van der Waals surface area contributed by atoms with Crippen LogP contribution < -0.4 is 4.72 Å². The van der Waals surface area contributed by atoms with Gasteiger partial charge in [-0.05, 0) is 74.6 Å². The van der Waals surface area contributed by atoms with Crippen molar-refractivity contribution in [2.24, 2.45) is 5.92 Å². The summed E-state index contributed by atoms with van der Waals surface area (Å²) in [6.07, 6.45) is 5.80. The Balaban J connectivity index is 1.04. The van der Waals surface area contributed by atoms with Gasteiger partial charge in [0.05, 0.1) is 6.54 Å². The van der Waals surface area contributed by atoms with E-state index in [0.29, 0.717) is 31.0 Å². The number of thiophene rings is 1. The van der Waals surface area contributed by atoms with E-state index in [1.54, 1.807) is 24.3 Å². The van der Waals surface area contributed by atoms with Crippen molar-refractivity contribution in [3.8, 4) is 0 Å². The smallest absolute Gasteiger partial charge is 0.250 e. The molecule has 0 bridgehead atoms. The quantitative estimate of drug-likeness (QED) is 0.454.